The number of H-pyrrole nitrogens is 1. The van der Waals surface area contributed by atoms with Gasteiger partial charge in [0.05, 0.1) is 18.9 Å². The Bertz CT molecular complexity index is 1340. The zero-order valence-electron chi connectivity index (χ0n) is 18.3. The number of pyridine rings is 1. The fraction of sp³-hybridized carbons (Fsp3) is 0.240. The second-order valence-electron chi connectivity index (χ2n) is 8.41. The minimum Gasteiger partial charge on any atom is -0.496 e. The highest BCUT2D eigenvalue weighted by Gasteiger charge is 2.41. The molecule has 1 unspecified atom stereocenters. The molecule has 5 rings (SSSR count). The number of ether oxygens (including phenoxy) is 1. The number of aromatic nitrogens is 3. The van der Waals surface area contributed by atoms with E-state index in [4.69, 9.17) is 4.74 Å². The molecular weight excluding hydrogens is 420 g/mol. The molecule has 1 atom stereocenters. The predicted octanol–water partition coefficient (Wildman–Crippen LogP) is 2.71. The number of carbonyl (C=O) groups excluding carboxylic acids is 1. The Balaban J connectivity index is 1.53. The van der Waals surface area contributed by atoms with Crippen molar-refractivity contribution in [3.05, 3.63) is 66.4 Å². The number of amides is 1. The summed E-state index contributed by atoms with van der Waals surface area (Å²) in [6.45, 7) is 1.96. The molecule has 1 amide bonds. The minimum atomic E-state index is -1.70. The van der Waals surface area contributed by atoms with Crippen LogP contribution in [-0.2, 0) is 10.4 Å². The van der Waals surface area contributed by atoms with E-state index in [9.17, 15) is 15.0 Å². The number of β-amino-alcohol motifs (C(OH)–C–C–N with tert-alkyl or cyclic N) is 1. The first-order chi connectivity index (χ1) is 15.9. The minimum absolute atomic E-state index is 0.238. The Kier molecular flexibility index (Phi) is 5.11. The quantitative estimate of drug-likeness (QED) is 0.436. The van der Waals surface area contributed by atoms with Crippen LogP contribution in [0.5, 0.6) is 5.75 Å². The van der Waals surface area contributed by atoms with Crippen LogP contribution in [0.1, 0.15) is 12.5 Å². The predicted molar refractivity (Wildman–Crippen MR) is 123 cm³/mol. The molecule has 0 saturated carbocycles. The van der Waals surface area contributed by atoms with Crippen LogP contribution in [-0.4, -0.2) is 62.5 Å². The number of fused-ring (bicyclic) bond motifs is 1. The van der Waals surface area contributed by atoms with Crippen molar-refractivity contribution < 1.29 is 19.7 Å². The first-order valence-electron chi connectivity index (χ1n) is 10.7. The number of likely N-dealkylation sites (tertiary alicyclic amines) is 1. The van der Waals surface area contributed by atoms with Crippen LogP contribution in [0, 0.1) is 0 Å². The number of benzene rings is 2. The van der Waals surface area contributed by atoms with E-state index < -0.39 is 17.6 Å². The van der Waals surface area contributed by atoms with E-state index in [1.165, 1.54) is 11.8 Å². The maximum atomic E-state index is 12.8. The van der Waals surface area contributed by atoms with Gasteiger partial charge in [0.2, 0.25) is 0 Å². The molecule has 4 aromatic rings. The van der Waals surface area contributed by atoms with Gasteiger partial charge in [-0.3, -0.25) is 9.89 Å². The number of aliphatic hydroxyl groups is 2. The molecule has 2 aromatic carbocycles. The van der Waals surface area contributed by atoms with Crippen molar-refractivity contribution in [3.63, 3.8) is 0 Å². The Hall–Kier alpha value is -3.75. The molecule has 33 heavy (non-hydrogen) atoms. The third-order valence-electron chi connectivity index (χ3n) is 6.11. The van der Waals surface area contributed by atoms with E-state index in [1.807, 2.05) is 36.4 Å². The molecule has 1 aliphatic rings. The van der Waals surface area contributed by atoms with E-state index in [0.717, 1.165) is 33.5 Å². The summed E-state index contributed by atoms with van der Waals surface area (Å²) in [6.07, 6.45) is 1.19. The van der Waals surface area contributed by atoms with E-state index in [1.54, 1.807) is 31.5 Å². The Labute approximate surface area is 190 Å². The summed E-state index contributed by atoms with van der Waals surface area (Å²) in [5, 5.41) is 28.7. The van der Waals surface area contributed by atoms with Gasteiger partial charge in [-0.2, -0.15) is 5.10 Å². The molecule has 2 aromatic heterocycles. The highest BCUT2D eigenvalue weighted by molar-refractivity contribution is 5.95. The third-order valence-corrected chi connectivity index (χ3v) is 6.11. The summed E-state index contributed by atoms with van der Waals surface area (Å²) in [6, 6.07) is 16.9. The fourth-order valence-corrected chi connectivity index (χ4v) is 4.17. The summed E-state index contributed by atoms with van der Waals surface area (Å²) in [7, 11) is 1.63. The van der Waals surface area contributed by atoms with E-state index >= 15 is 0 Å². The van der Waals surface area contributed by atoms with Crippen LogP contribution in [0.3, 0.4) is 0 Å². The lowest BCUT2D eigenvalue weighted by molar-refractivity contribution is -0.160. The lowest BCUT2D eigenvalue weighted by atomic mass is 9.90. The first kappa shape index (κ1) is 21.1. The van der Waals surface area contributed by atoms with Gasteiger partial charge in [0.25, 0.3) is 5.91 Å². The molecule has 1 aliphatic heterocycles. The van der Waals surface area contributed by atoms with Gasteiger partial charge in [-0.1, -0.05) is 30.3 Å². The zero-order valence-corrected chi connectivity index (χ0v) is 18.3. The highest BCUT2D eigenvalue weighted by atomic mass is 16.5. The van der Waals surface area contributed by atoms with E-state index in [-0.39, 0.29) is 13.1 Å². The average Bonchev–Trinajstić information content (AvgIpc) is 3.24. The second kappa shape index (κ2) is 7.99. The third kappa shape index (κ3) is 3.63. The van der Waals surface area contributed by atoms with Crippen molar-refractivity contribution in [2.75, 3.05) is 20.2 Å². The van der Waals surface area contributed by atoms with E-state index in [2.05, 4.69) is 15.2 Å². The van der Waals surface area contributed by atoms with Gasteiger partial charge < -0.3 is 19.8 Å². The summed E-state index contributed by atoms with van der Waals surface area (Å²) >= 11 is 0. The average molecular weight is 444 g/mol. The number of nitrogens with one attached hydrogen (secondary N) is 1. The van der Waals surface area contributed by atoms with Crippen LogP contribution in [0.4, 0.5) is 0 Å². The molecule has 168 valence electrons. The number of methoxy groups -OCH3 is 1. The molecule has 8 nitrogen and oxygen atoms in total. The number of para-hydroxylation sites is 1. The van der Waals surface area contributed by atoms with Crippen molar-refractivity contribution in [1.82, 2.24) is 20.1 Å². The van der Waals surface area contributed by atoms with Gasteiger partial charge in [0.15, 0.2) is 11.2 Å². The molecule has 1 saturated heterocycles. The van der Waals surface area contributed by atoms with Crippen LogP contribution >= 0.6 is 0 Å². The SMILES string of the molecule is COc1ccccc1-c1[nH]nc2ncc(-c3cccc(C(C)(O)C(=O)N4CC(O)C4)c3)cc12. The van der Waals surface area contributed by atoms with Crippen LogP contribution < -0.4 is 4.74 Å². The number of carbonyl (C=O) groups is 1. The lowest BCUT2D eigenvalue weighted by Gasteiger charge is -2.40. The fourth-order valence-electron chi connectivity index (χ4n) is 4.17. The Morgan fingerprint density at radius 3 is 2.70 bits per heavy atom. The Morgan fingerprint density at radius 2 is 1.94 bits per heavy atom. The molecule has 3 heterocycles. The molecule has 1 fully saturated rings. The summed E-state index contributed by atoms with van der Waals surface area (Å²) < 4.78 is 5.50. The standard InChI is InChI=1S/C25H24N4O4/c1-25(32,24(31)29-13-18(30)14-29)17-7-5-6-15(10-17)16-11-20-22(27-28-23(20)26-12-16)19-8-3-4-9-21(19)33-2/h3-12,18,30,32H,13-14H2,1-2H3,(H,26,27,28). The van der Waals surface area contributed by atoms with Gasteiger partial charge in [-0.15, -0.1) is 0 Å². The number of rotatable bonds is 5. The zero-order chi connectivity index (χ0) is 23.2. The molecule has 0 radical (unpaired) electrons. The molecule has 0 bridgehead atoms. The van der Waals surface area contributed by atoms with Crippen molar-refractivity contribution >= 4 is 16.9 Å². The highest BCUT2D eigenvalue weighted by Crippen LogP contribution is 2.35. The molecule has 3 N–H and O–H groups in total. The van der Waals surface area contributed by atoms with Crippen molar-refractivity contribution in [2.45, 2.75) is 18.6 Å². The molecular formula is C25H24N4O4. The molecule has 0 aliphatic carbocycles. The van der Waals surface area contributed by atoms with Crippen LogP contribution in [0.15, 0.2) is 60.8 Å². The van der Waals surface area contributed by atoms with Gasteiger partial charge >= 0.3 is 0 Å². The maximum absolute atomic E-state index is 12.8. The molecule has 8 heteroatoms. The molecule has 0 spiro atoms. The smallest absolute Gasteiger partial charge is 0.259 e. The number of hydrogen-bond acceptors (Lipinski definition) is 6. The number of aromatic amines is 1. The van der Waals surface area contributed by atoms with Gasteiger partial charge in [0, 0.05) is 35.8 Å². The van der Waals surface area contributed by atoms with Gasteiger partial charge in [-0.25, -0.2) is 4.98 Å². The summed E-state index contributed by atoms with van der Waals surface area (Å²) in [4.78, 5) is 18.7. The second-order valence-corrected chi connectivity index (χ2v) is 8.41. The number of aliphatic hydroxyl groups excluding tert-OH is 1. The van der Waals surface area contributed by atoms with Crippen molar-refractivity contribution in [1.29, 1.82) is 0 Å². The maximum Gasteiger partial charge on any atom is 0.259 e. The summed E-state index contributed by atoms with van der Waals surface area (Å²) in [5.74, 6) is 0.299. The van der Waals surface area contributed by atoms with Gasteiger partial charge in [-0.05, 0) is 42.3 Å². The number of nitrogens with zero attached hydrogens (tertiary/aromatic N) is 3. The monoisotopic (exact) mass is 444 g/mol. The first-order valence-corrected chi connectivity index (χ1v) is 10.7. The Morgan fingerprint density at radius 1 is 1.15 bits per heavy atom. The van der Waals surface area contributed by atoms with Crippen LogP contribution in [0.2, 0.25) is 0 Å². The largest absolute Gasteiger partial charge is 0.496 e. The van der Waals surface area contributed by atoms with Crippen LogP contribution in [0.25, 0.3) is 33.4 Å². The topological polar surface area (TPSA) is 112 Å². The van der Waals surface area contributed by atoms with Crippen molar-refractivity contribution in [3.8, 4) is 28.1 Å². The van der Waals surface area contributed by atoms with Gasteiger partial charge in [0.1, 0.15) is 5.75 Å². The lowest BCUT2D eigenvalue weighted by Crippen LogP contribution is -2.58. The van der Waals surface area contributed by atoms with Crippen molar-refractivity contribution in [2.24, 2.45) is 0 Å². The van der Waals surface area contributed by atoms with E-state index in [0.29, 0.717) is 11.2 Å². The summed E-state index contributed by atoms with van der Waals surface area (Å²) in [5.41, 5.74) is 2.66. The number of hydrogen-bond donors (Lipinski definition) is 3. The normalized spacial score (nSPS) is 15.8.